The van der Waals surface area contributed by atoms with Gasteiger partial charge < -0.3 is 9.84 Å². The zero-order valence-electron chi connectivity index (χ0n) is 14.1. The van der Waals surface area contributed by atoms with Crippen molar-refractivity contribution in [3.63, 3.8) is 0 Å². The van der Waals surface area contributed by atoms with Gasteiger partial charge in [0, 0.05) is 41.2 Å². The second-order valence-electron chi connectivity index (χ2n) is 5.72. The highest BCUT2D eigenvalue weighted by atomic mass is 35.5. The molecule has 1 N–H and O–H groups in total. The summed E-state index contributed by atoms with van der Waals surface area (Å²) < 4.78 is 5.20. The zero-order valence-corrected chi connectivity index (χ0v) is 14.8. The van der Waals surface area contributed by atoms with Gasteiger partial charge in [0.2, 0.25) is 17.6 Å². The number of amides is 1. The molecule has 0 aliphatic heterocycles. The van der Waals surface area contributed by atoms with Crippen LogP contribution >= 0.6 is 11.6 Å². The molecular weight excluding hydrogens is 372 g/mol. The van der Waals surface area contributed by atoms with Crippen LogP contribution in [0.3, 0.4) is 0 Å². The largest absolute Gasteiger partial charge is 0.339 e. The molecular formula is C18H15ClN4O4. The first-order chi connectivity index (χ1) is 13.0. The number of nitro benzene ring substituents is 1. The van der Waals surface area contributed by atoms with Gasteiger partial charge in [-0.25, -0.2) is 0 Å². The minimum Gasteiger partial charge on any atom is -0.339 e. The summed E-state index contributed by atoms with van der Waals surface area (Å²) in [5.41, 5.74) is 1.28. The highest BCUT2D eigenvalue weighted by Gasteiger charge is 2.10. The van der Waals surface area contributed by atoms with Crippen LogP contribution in [0.25, 0.3) is 11.4 Å². The second kappa shape index (κ2) is 8.41. The third kappa shape index (κ3) is 5.11. The van der Waals surface area contributed by atoms with E-state index in [1.54, 1.807) is 24.3 Å². The summed E-state index contributed by atoms with van der Waals surface area (Å²) in [7, 11) is 0. The van der Waals surface area contributed by atoms with Gasteiger partial charge in [0.1, 0.15) is 0 Å². The Bertz CT molecular complexity index is 939. The maximum absolute atomic E-state index is 12.0. The lowest BCUT2D eigenvalue weighted by atomic mass is 10.2. The molecule has 1 aromatic heterocycles. The first kappa shape index (κ1) is 18.5. The molecule has 3 aromatic rings. The SMILES string of the molecule is O=C(CCCc1nc(-c2ccc(Cl)cc2)no1)Nc1ccc([N+](=O)[O-])cc1. The molecule has 2 aromatic carbocycles. The average Bonchev–Trinajstić information content (AvgIpc) is 3.11. The molecule has 0 spiro atoms. The number of nitro groups is 1. The normalized spacial score (nSPS) is 10.6. The van der Waals surface area contributed by atoms with E-state index in [9.17, 15) is 14.9 Å². The molecule has 0 aliphatic rings. The molecule has 3 rings (SSSR count). The van der Waals surface area contributed by atoms with E-state index in [0.29, 0.717) is 35.3 Å². The summed E-state index contributed by atoms with van der Waals surface area (Å²) in [5, 5.41) is 17.8. The van der Waals surface area contributed by atoms with Crippen molar-refractivity contribution in [2.24, 2.45) is 0 Å². The summed E-state index contributed by atoms with van der Waals surface area (Å²) >= 11 is 5.85. The first-order valence-corrected chi connectivity index (χ1v) is 8.52. The lowest BCUT2D eigenvalue weighted by Gasteiger charge is -2.04. The number of carbonyl (C=O) groups excluding carboxylic acids is 1. The van der Waals surface area contributed by atoms with Gasteiger partial charge >= 0.3 is 0 Å². The molecule has 0 saturated heterocycles. The van der Waals surface area contributed by atoms with E-state index >= 15 is 0 Å². The van der Waals surface area contributed by atoms with Crippen LogP contribution in [-0.4, -0.2) is 21.0 Å². The zero-order chi connectivity index (χ0) is 19.2. The lowest BCUT2D eigenvalue weighted by molar-refractivity contribution is -0.384. The standard InChI is InChI=1S/C18H15ClN4O4/c19-13-6-4-12(5-7-13)18-21-17(27-22-18)3-1-2-16(24)20-14-8-10-15(11-9-14)23(25)26/h4-11H,1-3H2,(H,20,24). The molecule has 9 heteroatoms. The van der Waals surface area contributed by atoms with Crippen molar-refractivity contribution >= 4 is 28.9 Å². The number of nitrogens with one attached hydrogen (secondary N) is 1. The van der Waals surface area contributed by atoms with E-state index in [4.69, 9.17) is 16.1 Å². The van der Waals surface area contributed by atoms with Gasteiger partial charge in [-0.3, -0.25) is 14.9 Å². The third-order valence-electron chi connectivity index (χ3n) is 3.73. The van der Waals surface area contributed by atoms with Crippen LogP contribution in [0.15, 0.2) is 53.1 Å². The molecule has 0 saturated carbocycles. The van der Waals surface area contributed by atoms with Crippen molar-refractivity contribution in [2.45, 2.75) is 19.3 Å². The number of halogens is 1. The molecule has 27 heavy (non-hydrogen) atoms. The number of nitrogens with zero attached hydrogens (tertiary/aromatic N) is 3. The predicted molar refractivity (Wildman–Crippen MR) is 99.4 cm³/mol. The van der Waals surface area contributed by atoms with Gasteiger partial charge in [0.05, 0.1) is 4.92 Å². The molecule has 0 unspecified atom stereocenters. The monoisotopic (exact) mass is 386 g/mol. The molecule has 1 amide bonds. The molecule has 0 aliphatic carbocycles. The topological polar surface area (TPSA) is 111 Å². The van der Waals surface area contributed by atoms with E-state index in [2.05, 4.69) is 15.5 Å². The van der Waals surface area contributed by atoms with Crippen molar-refractivity contribution in [1.82, 2.24) is 10.1 Å². The minimum atomic E-state index is -0.492. The minimum absolute atomic E-state index is 0.0270. The fraction of sp³-hybridized carbons (Fsp3) is 0.167. The van der Waals surface area contributed by atoms with E-state index in [0.717, 1.165) is 5.56 Å². The van der Waals surface area contributed by atoms with E-state index in [1.807, 2.05) is 0 Å². The maximum Gasteiger partial charge on any atom is 0.269 e. The number of non-ortho nitro benzene ring substituents is 1. The van der Waals surface area contributed by atoms with Crippen molar-refractivity contribution in [2.75, 3.05) is 5.32 Å². The van der Waals surface area contributed by atoms with E-state index < -0.39 is 4.92 Å². The van der Waals surface area contributed by atoms with Crippen LogP contribution in [-0.2, 0) is 11.2 Å². The van der Waals surface area contributed by atoms with E-state index in [1.165, 1.54) is 24.3 Å². The second-order valence-corrected chi connectivity index (χ2v) is 6.16. The fourth-order valence-electron chi connectivity index (χ4n) is 2.36. The number of benzene rings is 2. The molecule has 0 radical (unpaired) electrons. The Morgan fingerprint density at radius 1 is 1.15 bits per heavy atom. The fourth-order valence-corrected chi connectivity index (χ4v) is 2.49. The Kier molecular flexibility index (Phi) is 5.77. The number of hydrogen-bond acceptors (Lipinski definition) is 6. The summed E-state index contributed by atoms with van der Waals surface area (Å²) in [6, 6.07) is 12.8. The first-order valence-electron chi connectivity index (χ1n) is 8.14. The van der Waals surface area contributed by atoms with Crippen molar-refractivity contribution in [3.8, 4) is 11.4 Å². The number of hydrogen-bond donors (Lipinski definition) is 1. The van der Waals surface area contributed by atoms with Crippen molar-refractivity contribution < 1.29 is 14.2 Å². The molecule has 0 atom stereocenters. The van der Waals surface area contributed by atoms with Gasteiger partial charge in [0.15, 0.2) is 0 Å². The van der Waals surface area contributed by atoms with Crippen LogP contribution < -0.4 is 5.32 Å². The Hall–Kier alpha value is -3.26. The third-order valence-corrected chi connectivity index (χ3v) is 3.98. The van der Waals surface area contributed by atoms with Crippen LogP contribution in [0, 0.1) is 10.1 Å². The Balaban J connectivity index is 1.47. The average molecular weight is 387 g/mol. The smallest absolute Gasteiger partial charge is 0.269 e. The Morgan fingerprint density at radius 3 is 2.52 bits per heavy atom. The van der Waals surface area contributed by atoms with Crippen molar-refractivity contribution in [1.29, 1.82) is 0 Å². The van der Waals surface area contributed by atoms with Crippen LogP contribution in [0.2, 0.25) is 5.02 Å². The number of aromatic nitrogens is 2. The summed E-state index contributed by atoms with van der Waals surface area (Å²) in [6.45, 7) is 0. The number of aryl methyl sites for hydroxylation is 1. The van der Waals surface area contributed by atoms with Gasteiger partial charge in [0.25, 0.3) is 5.69 Å². The molecule has 1 heterocycles. The summed E-state index contributed by atoms with van der Waals surface area (Å²) in [6.07, 6.45) is 1.25. The lowest BCUT2D eigenvalue weighted by Crippen LogP contribution is -2.11. The number of rotatable bonds is 7. The Labute approximate surface area is 159 Å². The van der Waals surface area contributed by atoms with Gasteiger partial charge in [-0.2, -0.15) is 4.98 Å². The number of anilines is 1. The maximum atomic E-state index is 12.0. The van der Waals surface area contributed by atoms with E-state index in [-0.39, 0.29) is 18.0 Å². The van der Waals surface area contributed by atoms with Gasteiger partial charge in [-0.15, -0.1) is 0 Å². The molecule has 0 bridgehead atoms. The van der Waals surface area contributed by atoms with Crippen LogP contribution in [0.4, 0.5) is 11.4 Å². The van der Waals surface area contributed by atoms with Gasteiger partial charge in [-0.05, 0) is 42.8 Å². The quantitative estimate of drug-likeness (QED) is 0.479. The summed E-state index contributed by atoms with van der Waals surface area (Å²) in [5.74, 6) is 0.723. The van der Waals surface area contributed by atoms with Crippen LogP contribution in [0.5, 0.6) is 0 Å². The summed E-state index contributed by atoms with van der Waals surface area (Å²) in [4.78, 5) is 26.4. The molecule has 138 valence electrons. The van der Waals surface area contributed by atoms with Gasteiger partial charge in [-0.1, -0.05) is 16.8 Å². The highest BCUT2D eigenvalue weighted by Crippen LogP contribution is 2.19. The molecule has 0 fully saturated rings. The van der Waals surface area contributed by atoms with Crippen LogP contribution in [0.1, 0.15) is 18.7 Å². The Morgan fingerprint density at radius 2 is 1.85 bits per heavy atom. The van der Waals surface area contributed by atoms with Crippen molar-refractivity contribution in [3.05, 3.63) is 69.6 Å². The number of carbonyl (C=O) groups is 1. The molecule has 8 nitrogen and oxygen atoms in total. The predicted octanol–water partition coefficient (Wildman–Crippen LogP) is 4.26. The highest BCUT2D eigenvalue weighted by molar-refractivity contribution is 6.30.